The smallest absolute Gasteiger partial charge is 0.326 e. The topological polar surface area (TPSA) is 576 Å². The number of hydrogen-bond acceptors (Lipinski definition) is 18. The van der Waals surface area contributed by atoms with Crippen molar-refractivity contribution in [1.29, 1.82) is 0 Å². The average molecular weight is 1460 g/mol. The highest BCUT2D eigenvalue weighted by Gasteiger charge is 2.42. The van der Waals surface area contributed by atoms with Crippen LogP contribution in [-0.2, 0) is 80.0 Å². The number of aliphatic imine (C=N–C) groups is 2. The summed E-state index contributed by atoms with van der Waals surface area (Å²) in [5, 5.41) is 49.7. The summed E-state index contributed by atoms with van der Waals surface area (Å²) in [5.74, 6) is -12.3. The molecule has 4 aliphatic heterocycles. The summed E-state index contributed by atoms with van der Waals surface area (Å²) in [7, 11) is 0. The molecule has 0 unspecified atom stereocenters. The van der Waals surface area contributed by atoms with Gasteiger partial charge in [-0.15, -0.1) is 0 Å². The third-order valence-electron chi connectivity index (χ3n) is 17.9. The minimum Gasteiger partial charge on any atom is -0.480 e. The Morgan fingerprint density at radius 2 is 1.28 bits per heavy atom. The number of H-pyrrole nitrogens is 1. The maximum absolute atomic E-state index is 14.7. The lowest BCUT2D eigenvalue weighted by molar-refractivity contribution is -0.142. The normalized spacial score (nSPS) is 21.4. The van der Waals surface area contributed by atoms with E-state index in [1.807, 2.05) is 6.92 Å². The predicted octanol–water partition coefficient (Wildman–Crippen LogP) is -5.29. The number of imidazole rings is 1. The molecule has 1 aromatic carbocycles. The molecule has 0 spiro atoms. The van der Waals surface area contributed by atoms with Gasteiger partial charge in [0.2, 0.25) is 76.8 Å². The Hall–Kier alpha value is -10.8. The first kappa shape index (κ1) is 82.2. The van der Waals surface area contributed by atoms with Crippen molar-refractivity contribution in [1.82, 2.24) is 78.3 Å². The molecule has 6 rings (SSSR count). The number of nitrogens with zero attached hydrogens (tertiary/aromatic N) is 5. The number of nitrogens with one attached hydrogen (secondary N) is 12. The fraction of sp³-hybridized carbons (Fsp3) is 0.597. The quantitative estimate of drug-likeness (QED) is 0.0135. The van der Waals surface area contributed by atoms with Crippen LogP contribution in [0, 0.1) is 5.92 Å². The molecule has 37 nitrogen and oxygen atoms in total. The molecule has 3 saturated heterocycles. The van der Waals surface area contributed by atoms with Crippen molar-refractivity contribution >= 4 is 94.7 Å². The lowest BCUT2D eigenvalue weighted by atomic mass is 10.0. The summed E-state index contributed by atoms with van der Waals surface area (Å²) < 4.78 is 0. The molecule has 570 valence electrons. The zero-order chi connectivity index (χ0) is 76.0. The summed E-state index contributed by atoms with van der Waals surface area (Å²) in [5.41, 5.74) is 23.0. The monoisotopic (exact) mass is 1460 g/mol. The second-order valence-corrected chi connectivity index (χ2v) is 26.5. The number of likely N-dealkylation sites (tertiary alicyclic amines) is 1. The number of hydrogen-bond donors (Lipinski definition) is 18. The van der Waals surface area contributed by atoms with Crippen LogP contribution in [0.5, 0.6) is 0 Å². The fourth-order valence-electron chi connectivity index (χ4n) is 12.4. The van der Waals surface area contributed by atoms with E-state index < -0.39 is 163 Å². The number of aromatic nitrogens is 2. The highest BCUT2D eigenvalue weighted by molar-refractivity contribution is 6.00. The van der Waals surface area contributed by atoms with E-state index in [1.54, 1.807) is 44.2 Å². The highest BCUT2D eigenvalue weighted by Crippen LogP contribution is 2.23. The number of carboxylic acids is 1. The maximum atomic E-state index is 14.7. The standard InChI is InChI=1S/C67H101N21O16/c1-4-5-17-41-55(93)79-42(57(95)85-48(65(103)104)31-38-15-7-6-8-16-38)19-10-9-18-40(54(92)75-34-53(91)87-28-13-22-50(87)62(100)80-41)78-60(98)47(32-39-33-72-36-76-39)84-61(99)49(35-89)86-59(97)46(30-37(2)3)83-56(94)43(20-11-26-73-66(68)69)81-63(101)51-23-14-29-88(51)64(102)45(21-12-27-74-67(70)71)82-58(96)44-24-25-52(90)77-44/h6-10,15-16,33,36-37,40-51,89H,4-5,11-14,17-32,34-35H2,1-3H3,(H,72,76)(H,75,92)(H,77,90)(H,78,98)(H,79,93)(H,80,100)(H,81,101)(H,82,96)(H,83,94)(H,84,99)(H,85,95)(H,86,97)(H,103,104)(H4,68,69,73)(H4,70,71,74)/b10-9-/t40-,41-,42-,43-,44-,45-,46-,47-,48-,49-,50-,51-/m0/s1. The van der Waals surface area contributed by atoms with E-state index in [2.05, 4.69) is 78.4 Å². The van der Waals surface area contributed by atoms with Crippen molar-refractivity contribution in [2.24, 2.45) is 38.8 Å². The van der Waals surface area contributed by atoms with Crippen LogP contribution < -0.4 is 81.4 Å². The minimum atomic E-state index is -1.82. The Kier molecular flexibility index (Phi) is 32.7. The molecule has 5 heterocycles. The SMILES string of the molecule is CCCC[C@@H]1NC(=O)[C@@H]2CCCN2C(=O)CNC(=O)[C@@H](NC(=O)[C@H](Cc2cnc[nH]2)NC(=O)[C@H](CO)NC(=O)[C@H](CC(C)C)NC(=O)[C@H](CCCN=C(N)N)NC(=O)[C@@H]2CCCN2C(=O)[C@H](CCCN=C(N)N)NC(=O)[C@@H]2CCC(=O)N2)C/C=C\C[C@@H](C(=O)N[C@@H](Cc2ccccc2)C(=O)O)NC1=O. The molecule has 0 saturated carbocycles. The second kappa shape index (κ2) is 41.4. The van der Waals surface area contributed by atoms with Crippen molar-refractivity contribution in [3.63, 3.8) is 0 Å². The number of carboxylic acid groups (broad SMARTS) is 1. The fourth-order valence-corrected chi connectivity index (χ4v) is 12.4. The van der Waals surface area contributed by atoms with E-state index in [0.717, 1.165) is 0 Å². The summed E-state index contributed by atoms with van der Waals surface area (Å²) in [6.45, 7) is 3.96. The number of nitrogens with two attached hydrogens (primary N) is 4. The maximum Gasteiger partial charge on any atom is 0.326 e. The lowest BCUT2D eigenvalue weighted by Gasteiger charge is -2.31. The Morgan fingerprint density at radius 1 is 0.654 bits per heavy atom. The number of guanidine groups is 2. The van der Waals surface area contributed by atoms with Gasteiger partial charge in [-0.3, -0.25) is 72.3 Å². The van der Waals surface area contributed by atoms with Crippen LogP contribution >= 0.6 is 0 Å². The number of aliphatic hydroxyl groups excluding tert-OH is 1. The van der Waals surface area contributed by atoms with Gasteiger partial charge in [-0.2, -0.15) is 0 Å². The number of amides is 13. The molecule has 22 N–H and O–H groups in total. The van der Waals surface area contributed by atoms with Crippen LogP contribution in [0.15, 0.2) is 65.0 Å². The molecule has 37 heteroatoms. The number of carbonyl (C=O) groups is 14. The first-order valence-corrected chi connectivity index (χ1v) is 35.2. The van der Waals surface area contributed by atoms with Crippen molar-refractivity contribution < 1.29 is 77.3 Å². The molecule has 0 aliphatic carbocycles. The van der Waals surface area contributed by atoms with Crippen LogP contribution in [0.3, 0.4) is 0 Å². The van der Waals surface area contributed by atoms with Gasteiger partial charge in [-0.1, -0.05) is 76.1 Å². The van der Waals surface area contributed by atoms with Gasteiger partial charge >= 0.3 is 5.97 Å². The first-order chi connectivity index (χ1) is 49.7. The molecule has 2 aromatic rings. The molecule has 3 fully saturated rings. The summed E-state index contributed by atoms with van der Waals surface area (Å²) in [4.78, 5) is 212. The molecule has 0 radical (unpaired) electrons. The molecular weight excluding hydrogens is 1350 g/mol. The molecule has 4 aliphatic rings. The van der Waals surface area contributed by atoms with Gasteiger partial charge in [0, 0.05) is 57.3 Å². The van der Waals surface area contributed by atoms with E-state index in [9.17, 15) is 77.3 Å². The highest BCUT2D eigenvalue weighted by atomic mass is 16.4. The van der Waals surface area contributed by atoms with Gasteiger partial charge in [-0.25, -0.2) is 9.78 Å². The van der Waals surface area contributed by atoms with Crippen LogP contribution in [-0.4, -0.2) is 236 Å². The minimum absolute atomic E-state index is 0.00752. The van der Waals surface area contributed by atoms with E-state index in [-0.39, 0.29) is 146 Å². The lowest BCUT2D eigenvalue weighted by Crippen LogP contribution is -2.61. The number of fused-ring (bicyclic) bond motifs is 1. The summed E-state index contributed by atoms with van der Waals surface area (Å²) in [6.07, 6.45) is 7.21. The Morgan fingerprint density at radius 3 is 1.91 bits per heavy atom. The van der Waals surface area contributed by atoms with E-state index in [0.29, 0.717) is 31.2 Å². The van der Waals surface area contributed by atoms with Crippen molar-refractivity contribution in [3.05, 3.63) is 66.3 Å². The number of unbranched alkanes of at least 4 members (excludes halogenated alkanes) is 1. The van der Waals surface area contributed by atoms with Crippen LogP contribution in [0.25, 0.3) is 0 Å². The zero-order valence-electron chi connectivity index (χ0n) is 58.8. The van der Waals surface area contributed by atoms with Crippen molar-refractivity contribution in [2.45, 2.75) is 209 Å². The number of aliphatic carboxylic acids is 1. The molecule has 12 atom stereocenters. The Labute approximate surface area is 601 Å². The largest absolute Gasteiger partial charge is 0.480 e. The third-order valence-corrected chi connectivity index (χ3v) is 17.9. The van der Waals surface area contributed by atoms with Gasteiger partial charge in [-0.05, 0) is 95.0 Å². The van der Waals surface area contributed by atoms with E-state index in [4.69, 9.17) is 22.9 Å². The van der Waals surface area contributed by atoms with Gasteiger partial charge in [0.25, 0.3) is 0 Å². The zero-order valence-corrected chi connectivity index (χ0v) is 58.8. The first-order valence-electron chi connectivity index (χ1n) is 35.2. The van der Waals surface area contributed by atoms with Crippen LogP contribution in [0.4, 0.5) is 0 Å². The van der Waals surface area contributed by atoms with Crippen LogP contribution in [0.2, 0.25) is 0 Å². The van der Waals surface area contributed by atoms with E-state index in [1.165, 1.54) is 34.5 Å². The molecule has 1 aromatic heterocycles. The van der Waals surface area contributed by atoms with Gasteiger partial charge in [0.05, 0.1) is 19.5 Å². The summed E-state index contributed by atoms with van der Waals surface area (Å²) >= 11 is 0. The van der Waals surface area contributed by atoms with Gasteiger partial charge in [0.15, 0.2) is 11.9 Å². The number of benzene rings is 1. The van der Waals surface area contributed by atoms with Crippen LogP contribution in [0.1, 0.15) is 135 Å². The van der Waals surface area contributed by atoms with Crippen molar-refractivity contribution in [3.8, 4) is 0 Å². The van der Waals surface area contributed by atoms with Gasteiger partial charge < -0.3 is 106 Å². The average Bonchev–Trinajstić information content (AvgIpc) is 1.59. The number of carbonyl (C=O) groups excluding carboxylic acids is 13. The van der Waals surface area contributed by atoms with E-state index >= 15 is 0 Å². The molecule has 104 heavy (non-hydrogen) atoms. The van der Waals surface area contributed by atoms with Gasteiger partial charge in [0.1, 0.15) is 72.5 Å². The number of rotatable bonds is 34. The molecular formula is C67H101N21O16. The Balaban J connectivity index is 1.21. The Bertz CT molecular complexity index is 3420. The van der Waals surface area contributed by atoms with Crippen molar-refractivity contribution in [2.75, 3.05) is 39.3 Å². The molecule has 13 amide bonds. The predicted molar refractivity (Wildman–Crippen MR) is 375 cm³/mol. The summed E-state index contributed by atoms with van der Waals surface area (Å²) in [6, 6.07) is -7.70. The third kappa shape index (κ3) is 25.9. The molecule has 0 bridgehead atoms. The number of aromatic amines is 1. The number of aliphatic hydroxyl groups is 1. The second-order valence-electron chi connectivity index (χ2n) is 26.5.